The number of pyridine rings is 1. The van der Waals surface area contributed by atoms with E-state index in [1.54, 1.807) is 7.11 Å². The van der Waals surface area contributed by atoms with Gasteiger partial charge in [-0.05, 0) is 48.0 Å². The van der Waals surface area contributed by atoms with Gasteiger partial charge < -0.3 is 9.84 Å². The average Bonchev–Trinajstić information content (AvgIpc) is 2.95. The van der Waals surface area contributed by atoms with E-state index in [4.69, 9.17) is 16.3 Å². The summed E-state index contributed by atoms with van der Waals surface area (Å²) in [4.78, 5) is 1.99. The van der Waals surface area contributed by atoms with Crippen molar-refractivity contribution in [2.45, 2.75) is 18.7 Å². The minimum atomic E-state index is -1.07. The van der Waals surface area contributed by atoms with Gasteiger partial charge in [0.1, 0.15) is 11.4 Å². The van der Waals surface area contributed by atoms with Crippen LogP contribution < -0.4 is 14.2 Å². The number of aromatic nitrogens is 1. The summed E-state index contributed by atoms with van der Waals surface area (Å²) >= 11 is 6.00. The normalized spacial score (nSPS) is 18.7. The molecule has 0 saturated carbocycles. The Morgan fingerprint density at radius 3 is 2.50 bits per heavy atom. The summed E-state index contributed by atoms with van der Waals surface area (Å²) in [5.74, 6) is 1.74. The molecule has 0 aliphatic carbocycles. The first-order valence-electron chi connectivity index (χ1n) is 8.49. The molecule has 0 saturated heterocycles. The van der Waals surface area contributed by atoms with Crippen LogP contribution in [0.4, 0.5) is 11.5 Å². The fourth-order valence-electron chi connectivity index (χ4n) is 3.53. The Morgan fingerprint density at radius 2 is 1.81 bits per heavy atom. The number of methoxy groups -OCH3 is 1. The highest BCUT2D eigenvalue weighted by Crippen LogP contribution is 2.37. The van der Waals surface area contributed by atoms with Crippen LogP contribution in [0.25, 0.3) is 0 Å². The largest absolute Gasteiger partial charge is 0.497 e. The second-order valence-corrected chi connectivity index (χ2v) is 6.94. The lowest BCUT2D eigenvalue weighted by molar-refractivity contribution is -0.682. The number of halogens is 1. The van der Waals surface area contributed by atoms with Crippen LogP contribution in [0.15, 0.2) is 72.9 Å². The van der Waals surface area contributed by atoms with Gasteiger partial charge in [0.15, 0.2) is 6.54 Å². The Balaban J connectivity index is 1.75. The molecule has 0 spiro atoms. The SMILES string of the molecule is COc1ccc(N2c3cccc[n+]3C[C@@]2(O)Cc2ccc(Cl)cc2)cc1. The number of anilines is 2. The van der Waals surface area contributed by atoms with Crippen molar-refractivity contribution in [1.29, 1.82) is 0 Å². The molecule has 132 valence electrons. The molecule has 1 aliphatic heterocycles. The zero-order valence-electron chi connectivity index (χ0n) is 14.5. The van der Waals surface area contributed by atoms with E-state index >= 15 is 0 Å². The molecule has 1 atom stereocenters. The maximum atomic E-state index is 11.6. The van der Waals surface area contributed by atoms with Gasteiger partial charge in [-0.25, -0.2) is 4.57 Å². The predicted octanol–water partition coefficient (Wildman–Crippen LogP) is 3.72. The number of nitrogens with zero attached hydrogens (tertiary/aromatic N) is 2. The Bertz CT molecular complexity index is 912. The molecular formula is C21H20ClN2O2+. The number of aliphatic hydroxyl groups is 1. The first kappa shape index (κ1) is 16.9. The van der Waals surface area contributed by atoms with E-state index < -0.39 is 5.72 Å². The van der Waals surface area contributed by atoms with Gasteiger partial charge in [0.25, 0.3) is 11.5 Å². The first-order valence-corrected chi connectivity index (χ1v) is 8.86. The topological polar surface area (TPSA) is 36.6 Å². The van der Waals surface area contributed by atoms with Crippen LogP contribution in [0.5, 0.6) is 5.75 Å². The molecule has 4 rings (SSSR count). The second kappa shape index (κ2) is 6.63. The first-order chi connectivity index (χ1) is 12.6. The summed E-state index contributed by atoms with van der Waals surface area (Å²) in [6.45, 7) is 0.484. The van der Waals surface area contributed by atoms with Gasteiger partial charge in [-0.15, -0.1) is 0 Å². The average molecular weight is 368 g/mol. The zero-order valence-corrected chi connectivity index (χ0v) is 15.2. The van der Waals surface area contributed by atoms with Gasteiger partial charge >= 0.3 is 0 Å². The summed E-state index contributed by atoms with van der Waals surface area (Å²) in [7, 11) is 1.65. The van der Waals surface area contributed by atoms with Crippen LogP contribution >= 0.6 is 11.6 Å². The van der Waals surface area contributed by atoms with Crippen molar-refractivity contribution >= 4 is 23.1 Å². The van der Waals surface area contributed by atoms with Crippen LogP contribution in [0.1, 0.15) is 5.56 Å². The van der Waals surface area contributed by atoms with E-state index in [0.717, 1.165) is 22.8 Å². The number of hydrogen-bond donors (Lipinski definition) is 1. The van der Waals surface area contributed by atoms with Crippen LogP contribution in [0, 0.1) is 0 Å². The van der Waals surface area contributed by atoms with Crippen molar-refractivity contribution in [1.82, 2.24) is 0 Å². The summed E-state index contributed by atoms with van der Waals surface area (Å²) in [6, 6.07) is 21.3. The molecule has 1 aliphatic rings. The van der Waals surface area contributed by atoms with Crippen molar-refractivity contribution < 1.29 is 14.4 Å². The van der Waals surface area contributed by atoms with Gasteiger partial charge in [-0.1, -0.05) is 29.8 Å². The van der Waals surface area contributed by atoms with Crippen molar-refractivity contribution in [2.75, 3.05) is 12.0 Å². The Kier molecular flexibility index (Phi) is 4.31. The third-order valence-corrected chi connectivity index (χ3v) is 4.97. The second-order valence-electron chi connectivity index (χ2n) is 6.51. The molecule has 0 radical (unpaired) electrons. The number of benzene rings is 2. The Hall–Kier alpha value is -2.56. The predicted molar refractivity (Wildman–Crippen MR) is 102 cm³/mol. The van der Waals surface area contributed by atoms with Gasteiger partial charge in [-0.2, -0.15) is 4.90 Å². The molecule has 3 aromatic rings. The molecule has 0 bridgehead atoms. The molecular weight excluding hydrogens is 348 g/mol. The molecule has 1 aromatic heterocycles. The van der Waals surface area contributed by atoms with Gasteiger partial charge in [0.2, 0.25) is 0 Å². The monoisotopic (exact) mass is 367 g/mol. The summed E-state index contributed by atoms with van der Waals surface area (Å²) in [5.41, 5.74) is 0.875. The minimum Gasteiger partial charge on any atom is -0.497 e. The standard InChI is InChI=1S/C21H20ClN2O2/c1-26-19-11-9-18(10-12-19)24-20-4-2-3-13-23(20)15-21(24,25)14-16-5-7-17(22)8-6-16/h2-13,25H,14-15H2,1H3/q+1/t21-/m0/s1. The van der Waals surface area contributed by atoms with Crippen LogP contribution in [-0.2, 0) is 13.0 Å². The summed E-state index contributed by atoms with van der Waals surface area (Å²) < 4.78 is 7.33. The van der Waals surface area contributed by atoms with E-state index in [-0.39, 0.29) is 0 Å². The number of hydrogen-bond acceptors (Lipinski definition) is 3. The van der Waals surface area contributed by atoms with E-state index in [0.29, 0.717) is 18.0 Å². The fourth-order valence-corrected chi connectivity index (χ4v) is 3.65. The van der Waals surface area contributed by atoms with Crippen molar-refractivity contribution in [2.24, 2.45) is 0 Å². The molecule has 1 N–H and O–H groups in total. The lowest BCUT2D eigenvalue weighted by Crippen LogP contribution is -2.48. The third-order valence-electron chi connectivity index (χ3n) is 4.72. The quantitative estimate of drug-likeness (QED) is 0.714. The van der Waals surface area contributed by atoms with E-state index in [1.165, 1.54) is 0 Å². The van der Waals surface area contributed by atoms with Crippen molar-refractivity contribution in [3.63, 3.8) is 0 Å². The maximum absolute atomic E-state index is 11.6. The van der Waals surface area contributed by atoms with Crippen molar-refractivity contribution in [3.8, 4) is 5.75 Å². The van der Waals surface area contributed by atoms with Gasteiger partial charge in [0.05, 0.1) is 13.3 Å². The van der Waals surface area contributed by atoms with E-state index in [9.17, 15) is 5.11 Å². The third kappa shape index (κ3) is 3.02. The highest BCUT2D eigenvalue weighted by atomic mass is 35.5. The Morgan fingerprint density at radius 1 is 1.08 bits per heavy atom. The highest BCUT2D eigenvalue weighted by molar-refractivity contribution is 6.30. The molecule has 5 heteroatoms. The van der Waals surface area contributed by atoms with Crippen LogP contribution in [-0.4, -0.2) is 17.9 Å². The lowest BCUT2D eigenvalue weighted by Gasteiger charge is -2.27. The summed E-state index contributed by atoms with van der Waals surface area (Å²) in [6.07, 6.45) is 2.48. The molecule has 2 aromatic carbocycles. The molecule has 2 heterocycles. The molecule has 0 fully saturated rings. The number of fused-ring (bicyclic) bond motifs is 1. The van der Waals surface area contributed by atoms with Gasteiger partial charge in [0, 0.05) is 17.5 Å². The van der Waals surface area contributed by atoms with E-state index in [2.05, 4.69) is 4.57 Å². The highest BCUT2D eigenvalue weighted by Gasteiger charge is 2.51. The molecule has 0 unspecified atom stereocenters. The molecule has 26 heavy (non-hydrogen) atoms. The van der Waals surface area contributed by atoms with Crippen LogP contribution in [0.3, 0.4) is 0 Å². The minimum absolute atomic E-state index is 0.484. The smallest absolute Gasteiger partial charge is 0.284 e. The number of rotatable bonds is 4. The van der Waals surface area contributed by atoms with Crippen molar-refractivity contribution in [3.05, 3.63) is 83.5 Å². The lowest BCUT2D eigenvalue weighted by atomic mass is 10.0. The van der Waals surface area contributed by atoms with Crippen LogP contribution in [0.2, 0.25) is 5.02 Å². The fraction of sp³-hybridized carbons (Fsp3) is 0.190. The number of ether oxygens (including phenoxy) is 1. The zero-order chi connectivity index (χ0) is 18.1. The van der Waals surface area contributed by atoms with E-state index in [1.807, 2.05) is 77.8 Å². The molecule has 4 nitrogen and oxygen atoms in total. The maximum Gasteiger partial charge on any atom is 0.284 e. The van der Waals surface area contributed by atoms with Gasteiger partial charge in [-0.3, -0.25) is 0 Å². The summed E-state index contributed by atoms with van der Waals surface area (Å²) in [5, 5.41) is 12.3. The molecule has 0 amide bonds. The Labute approximate surface area is 157 Å².